The predicted molar refractivity (Wildman–Crippen MR) is 321 cm³/mol. The molecule has 74 heavy (non-hydrogen) atoms. The molecule has 0 heterocycles. The van der Waals surface area contributed by atoms with Crippen molar-refractivity contribution in [1.82, 2.24) is 0 Å². The van der Waals surface area contributed by atoms with Crippen LogP contribution in [0.4, 0.5) is 0 Å². The summed E-state index contributed by atoms with van der Waals surface area (Å²) in [4.78, 5) is 38.3. The van der Waals surface area contributed by atoms with E-state index in [4.69, 9.17) is 14.2 Å². The number of allylic oxidation sites excluding steroid dienone is 6. The number of hydrogen-bond acceptors (Lipinski definition) is 6. The second-order valence-electron chi connectivity index (χ2n) is 22.4. The summed E-state index contributed by atoms with van der Waals surface area (Å²) < 4.78 is 17.0. The first-order valence-corrected chi connectivity index (χ1v) is 33.0. The van der Waals surface area contributed by atoms with Crippen molar-refractivity contribution < 1.29 is 28.6 Å². The molecule has 1 unspecified atom stereocenters. The van der Waals surface area contributed by atoms with E-state index in [9.17, 15) is 14.4 Å². The van der Waals surface area contributed by atoms with Gasteiger partial charge in [-0.05, 0) is 77.0 Å². The minimum Gasteiger partial charge on any atom is -0.462 e. The van der Waals surface area contributed by atoms with E-state index in [0.29, 0.717) is 19.3 Å². The maximum atomic E-state index is 12.9. The fourth-order valence-corrected chi connectivity index (χ4v) is 9.88. The summed E-state index contributed by atoms with van der Waals surface area (Å²) in [5.41, 5.74) is 0. The molecule has 0 rings (SSSR count). The molecule has 6 heteroatoms. The minimum absolute atomic E-state index is 0.0731. The Labute approximate surface area is 461 Å². The normalized spacial score (nSPS) is 12.2. The molecule has 0 fully saturated rings. The Balaban J connectivity index is 4.30. The lowest BCUT2D eigenvalue weighted by Crippen LogP contribution is -2.30. The third-order valence-electron chi connectivity index (χ3n) is 14.9. The summed E-state index contributed by atoms with van der Waals surface area (Å²) in [5, 5.41) is 0. The molecule has 0 bridgehead atoms. The highest BCUT2D eigenvalue weighted by molar-refractivity contribution is 5.71. The largest absolute Gasteiger partial charge is 0.462 e. The number of esters is 3. The summed E-state index contributed by atoms with van der Waals surface area (Å²) in [6, 6.07) is 0. The zero-order chi connectivity index (χ0) is 53.6. The van der Waals surface area contributed by atoms with Gasteiger partial charge in [-0.15, -0.1) is 0 Å². The lowest BCUT2D eigenvalue weighted by Gasteiger charge is -2.18. The summed E-state index contributed by atoms with van der Waals surface area (Å²) >= 11 is 0. The van der Waals surface area contributed by atoms with E-state index in [1.54, 1.807) is 0 Å². The number of carbonyl (C=O) groups is 3. The fourth-order valence-electron chi connectivity index (χ4n) is 9.88. The summed E-state index contributed by atoms with van der Waals surface area (Å²) in [7, 11) is 0. The second kappa shape index (κ2) is 63.2. The number of carbonyl (C=O) groups excluding carboxylic acids is 3. The van der Waals surface area contributed by atoms with Gasteiger partial charge in [0.25, 0.3) is 0 Å². The maximum Gasteiger partial charge on any atom is 0.306 e. The van der Waals surface area contributed by atoms with Crippen LogP contribution in [0.5, 0.6) is 0 Å². The van der Waals surface area contributed by atoms with E-state index >= 15 is 0 Å². The van der Waals surface area contributed by atoms with Crippen LogP contribution in [0.25, 0.3) is 0 Å². The number of hydrogen-bond donors (Lipinski definition) is 0. The summed E-state index contributed by atoms with van der Waals surface area (Å²) in [5.74, 6) is -0.865. The van der Waals surface area contributed by atoms with Gasteiger partial charge in [-0.3, -0.25) is 14.4 Å². The van der Waals surface area contributed by atoms with Gasteiger partial charge in [0, 0.05) is 19.3 Å². The molecule has 0 aliphatic rings. The first-order valence-electron chi connectivity index (χ1n) is 33.0. The maximum absolute atomic E-state index is 12.9. The quantitative estimate of drug-likeness (QED) is 0.0261. The Hall–Kier alpha value is -2.37. The molecule has 0 aromatic carbocycles. The molecule has 1 atom stereocenters. The molecule has 0 aliphatic carbocycles. The molecule has 6 nitrogen and oxygen atoms in total. The zero-order valence-corrected chi connectivity index (χ0v) is 49.9. The lowest BCUT2D eigenvalue weighted by molar-refractivity contribution is -0.167. The van der Waals surface area contributed by atoms with Gasteiger partial charge in [-0.25, -0.2) is 0 Å². The zero-order valence-electron chi connectivity index (χ0n) is 49.9. The number of unbranched alkanes of at least 4 members (excludes halogenated alkanes) is 44. The van der Waals surface area contributed by atoms with Crippen LogP contribution in [-0.2, 0) is 28.6 Å². The molecule has 0 N–H and O–H groups in total. The molecule has 0 saturated heterocycles. The molecule has 0 amide bonds. The predicted octanol–water partition coefficient (Wildman–Crippen LogP) is 22.4. The molecule has 0 aromatic rings. The molecule has 0 saturated carbocycles. The lowest BCUT2D eigenvalue weighted by atomic mass is 10.0. The van der Waals surface area contributed by atoms with Crippen molar-refractivity contribution in [3.05, 3.63) is 36.5 Å². The van der Waals surface area contributed by atoms with E-state index in [1.165, 1.54) is 244 Å². The van der Waals surface area contributed by atoms with Crippen molar-refractivity contribution >= 4 is 17.9 Å². The number of rotatable bonds is 61. The van der Waals surface area contributed by atoms with Crippen molar-refractivity contribution in [2.24, 2.45) is 0 Å². The highest BCUT2D eigenvalue weighted by Gasteiger charge is 2.19. The van der Waals surface area contributed by atoms with Crippen molar-refractivity contribution in [1.29, 1.82) is 0 Å². The average molecular weight is 1040 g/mol. The van der Waals surface area contributed by atoms with Gasteiger partial charge >= 0.3 is 17.9 Å². The van der Waals surface area contributed by atoms with Gasteiger partial charge in [0.2, 0.25) is 0 Å². The van der Waals surface area contributed by atoms with Crippen LogP contribution in [0.2, 0.25) is 0 Å². The van der Waals surface area contributed by atoms with Crippen LogP contribution in [0, 0.1) is 0 Å². The van der Waals surface area contributed by atoms with Crippen molar-refractivity contribution in [3.63, 3.8) is 0 Å². The van der Waals surface area contributed by atoms with Gasteiger partial charge in [-0.1, -0.05) is 301 Å². The Morgan fingerprint density at radius 1 is 0.270 bits per heavy atom. The van der Waals surface area contributed by atoms with E-state index in [2.05, 4.69) is 57.2 Å². The highest BCUT2D eigenvalue weighted by Crippen LogP contribution is 2.18. The third kappa shape index (κ3) is 60.5. The van der Waals surface area contributed by atoms with Crippen LogP contribution in [0.3, 0.4) is 0 Å². The fraction of sp³-hybridized carbons (Fsp3) is 0.868. The average Bonchev–Trinajstić information content (AvgIpc) is 3.40. The van der Waals surface area contributed by atoms with Crippen LogP contribution < -0.4 is 0 Å². The topological polar surface area (TPSA) is 78.9 Å². The van der Waals surface area contributed by atoms with Gasteiger partial charge in [0.15, 0.2) is 6.10 Å². The van der Waals surface area contributed by atoms with E-state index < -0.39 is 6.10 Å². The molecule has 0 aliphatic heterocycles. The van der Waals surface area contributed by atoms with E-state index in [0.717, 1.165) is 77.0 Å². The third-order valence-corrected chi connectivity index (χ3v) is 14.9. The monoisotopic (exact) mass is 1040 g/mol. The van der Waals surface area contributed by atoms with Crippen molar-refractivity contribution in [2.75, 3.05) is 13.2 Å². The molecule has 0 aromatic heterocycles. The van der Waals surface area contributed by atoms with E-state index in [1.807, 2.05) is 0 Å². The van der Waals surface area contributed by atoms with Crippen molar-refractivity contribution in [2.45, 2.75) is 367 Å². The SMILES string of the molecule is CCCCC/C=C\C/C=C\CCCCCCCC(=O)OCC(COC(=O)CCCCCCCCCCCCCCCCCCCCCCCC)OC(=O)CCCCCCCCCCC/C=C\CCCCCCCC. The van der Waals surface area contributed by atoms with Crippen LogP contribution in [-0.4, -0.2) is 37.2 Å². The molecular weight excluding hydrogens is 913 g/mol. The Morgan fingerprint density at radius 2 is 0.486 bits per heavy atom. The Bertz CT molecular complexity index is 1240. The first kappa shape index (κ1) is 71.6. The van der Waals surface area contributed by atoms with E-state index in [-0.39, 0.29) is 31.1 Å². The minimum atomic E-state index is -0.777. The van der Waals surface area contributed by atoms with Gasteiger partial charge in [0.1, 0.15) is 13.2 Å². The number of ether oxygens (including phenoxy) is 3. The van der Waals surface area contributed by atoms with Gasteiger partial charge in [0.05, 0.1) is 0 Å². The molecule has 0 spiro atoms. The smallest absolute Gasteiger partial charge is 0.306 e. The molecule has 0 radical (unpaired) electrons. The van der Waals surface area contributed by atoms with Crippen molar-refractivity contribution in [3.8, 4) is 0 Å². The Kier molecular flexibility index (Phi) is 61.1. The van der Waals surface area contributed by atoms with Gasteiger partial charge in [-0.2, -0.15) is 0 Å². The van der Waals surface area contributed by atoms with Crippen LogP contribution >= 0.6 is 0 Å². The second-order valence-corrected chi connectivity index (χ2v) is 22.4. The molecular formula is C68H126O6. The van der Waals surface area contributed by atoms with Crippen LogP contribution in [0.1, 0.15) is 361 Å². The van der Waals surface area contributed by atoms with Gasteiger partial charge < -0.3 is 14.2 Å². The standard InChI is InChI=1S/C68H126O6/c1-4-7-10-13-16-19-22-25-28-30-32-33-34-36-37-40-43-46-49-52-55-58-61-67(70)73-64-65(63-72-66(69)60-57-54-51-48-45-42-39-27-24-21-18-15-12-9-6-3)74-68(71)62-59-56-53-50-47-44-41-38-35-31-29-26-23-20-17-14-11-8-5-2/h18,21,26-27,29,39,65H,4-17,19-20,22-25,28,30-38,40-64H2,1-3H3/b21-18-,29-26-,39-27-. The summed E-state index contributed by atoms with van der Waals surface area (Å²) in [6.07, 6.45) is 77.2. The first-order chi connectivity index (χ1) is 36.5. The van der Waals surface area contributed by atoms with Crippen LogP contribution in [0.15, 0.2) is 36.5 Å². The Morgan fingerprint density at radius 3 is 0.784 bits per heavy atom. The molecule has 434 valence electrons. The summed E-state index contributed by atoms with van der Waals surface area (Å²) in [6.45, 7) is 6.66. The highest BCUT2D eigenvalue weighted by atomic mass is 16.6.